The first-order valence-electron chi connectivity index (χ1n) is 9.26. The lowest BCUT2D eigenvalue weighted by Crippen LogP contribution is -2.43. The van der Waals surface area contributed by atoms with Crippen molar-refractivity contribution >= 4 is 34.0 Å². The van der Waals surface area contributed by atoms with E-state index < -0.39 is 0 Å². The number of nitrogens with zero attached hydrogens (tertiary/aromatic N) is 3. The molecule has 144 valence electrons. The SMILES string of the molecule is Cc1csc(N(C(=O)C2CCN(C(=O)c3ccoc3)CC2)c2ccccc2)n1. The number of rotatable bonds is 4. The van der Waals surface area contributed by atoms with Gasteiger partial charge in [0.05, 0.1) is 23.2 Å². The first kappa shape index (κ1) is 18.4. The third kappa shape index (κ3) is 3.71. The van der Waals surface area contributed by atoms with E-state index >= 15 is 0 Å². The van der Waals surface area contributed by atoms with Crippen LogP contribution in [0, 0.1) is 12.8 Å². The molecule has 0 aliphatic carbocycles. The zero-order chi connectivity index (χ0) is 19.5. The number of carbonyl (C=O) groups is 2. The Kier molecular flexibility index (Phi) is 5.25. The summed E-state index contributed by atoms with van der Waals surface area (Å²) >= 11 is 1.47. The summed E-state index contributed by atoms with van der Waals surface area (Å²) in [7, 11) is 0. The smallest absolute Gasteiger partial charge is 0.257 e. The van der Waals surface area contributed by atoms with Gasteiger partial charge in [0.2, 0.25) is 5.91 Å². The van der Waals surface area contributed by atoms with Crippen molar-refractivity contribution in [2.24, 2.45) is 5.92 Å². The summed E-state index contributed by atoms with van der Waals surface area (Å²) in [4.78, 5) is 33.9. The van der Waals surface area contributed by atoms with Gasteiger partial charge in [0, 0.05) is 24.4 Å². The van der Waals surface area contributed by atoms with Gasteiger partial charge in [-0.1, -0.05) is 18.2 Å². The first-order chi connectivity index (χ1) is 13.6. The molecule has 0 saturated carbocycles. The first-order valence-corrected chi connectivity index (χ1v) is 10.1. The number of hydrogen-bond donors (Lipinski definition) is 0. The van der Waals surface area contributed by atoms with E-state index in [4.69, 9.17) is 4.42 Å². The molecule has 0 bridgehead atoms. The van der Waals surface area contributed by atoms with Crippen LogP contribution in [0.15, 0.2) is 58.7 Å². The Bertz CT molecular complexity index is 944. The van der Waals surface area contributed by atoms with Gasteiger partial charge in [-0.25, -0.2) is 4.98 Å². The van der Waals surface area contributed by atoms with Crippen molar-refractivity contribution in [3.63, 3.8) is 0 Å². The highest BCUT2D eigenvalue weighted by Crippen LogP contribution is 2.32. The third-order valence-corrected chi connectivity index (χ3v) is 5.88. The molecule has 1 saturated heterocycles. The molecule has 1 aromatic carbocycles. The molecule has 2 aromatic heterocycles. The highest BCUT2D eigenvalue weighted by atomic mass is 32.1. The fourth-order valence-electron chi connectivity index (χ4n) is 3.43. The fraction of sp³-hybridized carbons (Fsp3) is 0.286. The van der Waals surface area contributed by atoms with Gasteiger partial charge in [0.1, 0.15) is 6.26 Å². The topological polar surface area (TPSA) is 66.7 Å². The monoisotopic (exact) mass is 395 g/mol. The Morgan fingerprint density at radius 1 is 1.18 bits per heavy atom. The van der Waals surface area contributed by atoms with E-state index in [1.807, 2.05) is 42.6 Å². The molecule has 0 radical (unpaired) electrons. The number of aryl methyl sites for hydroxylation is 1. The maximum Gasteiger partial charge on any atom is 0.257 e. The fourth-order valence-corrected chi connectivity index (χ4v) is 4.26. The summed E-state index contributed by atoms with van der Waals surface area (Å²) < 4.78 is 5.00. The lowest BCUT2D eigenvalue weighted by molar-refractivity contribution is -0.122. The molecule has 4 rings (SSSR count). The molecule has 0 unspecified atom stereocenters. The molecular weight excluding hydrogens is 374 g/mol. The number of amides is 2. The molecule has 3 aromatic rings. The standard InChI is InChI=1S/C21H21N3O3S/c1-15-14-28-21(22-15)24(18-5-3-2-4-6-18)20(26)16-7-10-23(11-8-16)19(25)17-9-12-27-13-17/h2-6,9,12-14,16H,7-8,10-11H2,1H3. The molecule has 0 N–H and O–H groups in total. The van der Waals surface area contributed by atoms with Crippen molar-refractivity contribution in [1.82, 2.24) is 9.88 Å². The number of anilines is 2. The average Bonchev–Trinajstić information content (AvgIpc) is 3.41. The van der Waals surface area contributed by atoms with Gasteiger partial charge in [-0.05, 0) is 38.0 Å². The molecular formula is C21H21N3O3S. The van der Waals surface area contributed by atoms with E-state index in [1.165, 1.54) is 23.9 Å². The highest BCUT2D eigenvalue weighted by molar-refractivity contribution is 7.14. The van der Waals surface area contributed by atoms with Crippen LogP contribution in [0.3, 0.4) is 0 Å². The quantitative estimate of drug-likeness (QED) is 0.662. The summed E-state index contributed by atoms with van der Waals surface area (Å²) in [6.45, 7) is 3.04. The summed E-state index contributed by atoms with van der Waals surface area (Å²) in [6.07, 6.45) is 4.23. The van der Waals surface area contributed by atoms with E-state index in [1.54, 1.807) is 15.9 Å². The van der Waals surface area contributed by atoms with Crippen molar-refractivity contribution in [3.05, 3.63) is 65.6 Å². The lowest BCUT2D eigenvalue weighted by atomic mass is 9.94. The Balaban J connectivity index is 1.50. The summed E-state index contributed by atoms with van der Waals surface area (Å²) in [5.74, 6) is -0.149. The summed E-state index contributed by atoms with van der Waals surface area (Å²) in [5, 5.41) is 2.63. The van der Waals surface area contributed by atoms with Gasteiger partial charge in [0.25, 0.3) is 5.91 Å². The van der Waals surface area contributed by atoms with Gasteiger partial charge >= 0.3 is 0 Å². The van der Waals surface area contributed by atoms with Gasteiger partial charge in [-0.15, -0.1) is 11.3 Å². The maximum atomic E-state index is 13.4. The minimum atomic E-state index is -0.141. The van der Waals surface area contributed by atoms with Crippen LogP contribution in [0.4, 0.5) is 10.8 Å². The number of para-hydroxylation sites is 1. The van der Waals surface area contributed by atoms with E-state index in [0.717, 1.165) is 11.4 Å². The molecule has 2 amide bonds. The third-order valence-electron chi connectivity index (χ3n) is 4.93. The predicted octanol–water partition coefficient (Wildman–Crippen LogP) is 4.26. The summed E-state index contributed by atoms with van der Waals surface area (Å²) in [5.41, 5.74) is 2.27. The Labute approximate surface area is 167 Å². The number of likely N-dealkylation sites (tertiary alicyclic amines) is 1. The Morgan fingerprint density at radius 2 is 1.93 bits per heavy atom. The second kappa shape index (κ2) is 7.98. The molecule has 7 heteroatoms. The largest absolute Gasteiger partial charge is 0.472 e. The predicted molar refractivity (Wildman–Crippen MR) is 108 cm³/mol. The van der Waals surface area contributed by atoms with Gasteiger partial charge in [-0.3, -0.25) is 14.5 Å². The number of thiazole rings is 1. The molecule has 28 heavy (non-hydrogen) atoms. The molecule has 1 aliphatic rings. The highest BCUT2D eigenvalue weighted by Gasteiger charge is 2.33. The van der Waals surface area contributed by atoms with Crippen LogP contribution >= 0.6 is 11.3 Å². The number of benzene rings is 1. The van der Waals surface area contributed by atoms with E-state index in [9.17, 15) is 9.59 Å². The average molecular weight is 395 g/mol. The van der Waals surface area contributed by atoms with Gasteiger partial charge in [-0.2, -0.15) is 0 Å². The van der Waals surface area contributed by atoms with Crippen LogP contribution < -0.4 is 4.90 Å². The van der Waals surface area contributed by atoms with Crippen LogP contribution in [-0.2, 0) is 4.79 Å². The van der Waals surface area contributed by atoms with Crippen LogP contribution in [0.25, 0.3) is 0 Å². The van der Waals surface area contributed by atoms with Crippen molar-refractivity contribution < 1.29 is 14.0 Å². The minimum Gasteiger partial charge on any atom is -0.472 e. The Hall–Kier alpha value is -2.93. The molecule has 0 spiro atoms. The number of piperidine rings is 1. The van der Waals surface area contributed by atoms with E-state index in [-0.39, 0.29) is 17.7 Å². The molecule has 1 fully saturated rings. The zero-order valence-corrected chi connectivity index (χ0v) is 16.4. The minimum absolute atomic E-state index is 0.0379. The van der Waals surface area contributed by atoms with Crippen molar-refractivity contribution in [1.29, 1.82) is 0 Å². The molecule has 1 aliphatic heterocycles. The van der Waals surface area contributed by atoms with E-state index in [2.05, 4.69) is 4.98 Å². The summed E-state index contributed by atoms with van der Waals surface area (Å²) in [6, 6.07) is 11.3. The number of carbonyl (C=O) groups excluding carboxylic acids is 2. The number of furan rings is 1. The second-order valence-corrected chi connectivity index (χ2v) is 7.70. The molecule has 6 nitrogen and oxygen atoms in total. The van der Waals surface area contributed by atoms with Crippen molar-refractivity contribution in [2.75, 3.05) is 18.0 Å². The van der Waals surface area contributed by atoms with Crippen LogP contribution in [-0.4, -0.2) is 34.8 Å². The number of hydrogen-bond acceptors (Lipinski definition) is 5. The molecule has 0 atom stereocenters. The van der Waals surface area contributed by atoms with Crippen molar-refractivity contribution in [2.45, 2.75) is 19.8 Å². The van der Waals surface area contributed by atoms with Crippen LogP contribution in [0.2, 0.25) is 0 Å². The number of aromatic nitrogens is 1. The maximum absolute atomic E-state index is 13.4. The van der Waals surface area contributed by atoms with Crippen molar-refractivity contribution in [3.8, 4) is 0 Å². The van der Waals surface area contributed by atoms with Crippen LogP contribution in [0.5, 0.6) is 0 Å². The second-order valence-electron chi connectivity index (χ2n) is 6.86. The lowest BCUT2D eigenvalue weighted by Gasteiger charge is -2.33. The normalized spacial score (nSPS) is 14.8. The zero-order valence-electron chi connectivity index (χ0n) is 15.6. The van der Waals surface area contributed by atoms with Gasteiger partial charge < -0.3 is 9.32 Å². The van der Waals surface area contributed by atoms with E-state index in [0.29, 0.717) is 36.6 Å². The van der Waals surface area contributed by atoms with Crippen LogP contribution in [0.1, 0.15) is 28.9 Å². The molecule has 3 heterocycles. The Morgan fingerprint density at radius 3 is 2.54 bits per heavy atom. The van der Waals surface area contributed by atoms with Gasteiger partial charge in [0.15, 0.2) is 5.13 Å².